The minimum atomic E-state index is -0.00403. The van der Waals surface area contributed by atoms with Crippen LogP contribution in [-0.2, 0) is 0 Å². The first kappa shape index (κ1) is 14.8. The number of nitrogens with two attached hydrogens (primary N) is 1. The highest BCUT2D eigenvalue weighted by molar-refractivity contribution is 5.95. The number of aromatic nitrogens is 1. The van der Waals surface area contributed by atoms with E-state index in [-0.39, 0.29) is 11.9 Å². The first-order valence-electron chi connectivity index (χ1n) is 6.56. The molecule has 0 radical (unpaired) electrons. The van der Waals surface area contributed by atoms with Gasteiger partial charge in [0.15, 0.2) is 0 Å². The van der Waals surface area contributed by atoms with Gasteiger partial charge in [-0.3, -0.25) is 4.79 Å². The molecule has 0 aromatic carbocycles. The minimum absolute atomic E-state index is 0.00403. The van der Waals surface area contributed by atoms with Crippen LogP contribution in [0.15, 0.2) is 6.07 Å². The van der Waals surface area contributed by atoms with Crippen molar-refractivity contribution in [1.82, 2.24) is 9.88 Å². The van der Waals surface area contributed by atoms with Crippen molar-refractivity contribution in [3.63, 3.8) is 0 Å². The molecule has 1 unspecified atom stereocenters. The van der Waals surface area contributed by atoms with Gasteiger partial charge in [-0.15, -0.1) is 0 Å². The van der Waals surface area contributed by atoms with Gasteiger partial charge in [0.05, 0.1) is 5.56 Å². The molecule has 0 aliphatic heterocycles. The summed E-state index contributed by atoms with van der Waals surface area (Å²) in [7, 11) is 0. The fourth-order valence-electron chi connectivity index (χ4n) is 2.31. The molecule has 1 aromatic heterocycles. The first-order chi connectivity index (χ1) is 8.34. The molecule has 0 aliphatic carbocycles. The lowest BCUT2D eigenvalue weighted by molar-refractivity contribution is 0.0952. The highest BCUT2D eigenvalue weighted by Crippen LogP contribution is 2.19. The Morgan fingerprint density at radius 2 is 2.00 bits per heavy atom. The van der Waals surface area contributed by atoms with E-state index in [1.165, 1.54) is 0 Å². The fraction of sp³-hybridized carbons (Fsp3) is 0.643. The predicted molar refractivity (Wildman–Crippen MR) is 74.9 cm³/mol. The van der Waals surface area contributed by atoms with Crippen molar-refractivity contribution in [3.8, 4) is 0 Å². The molecule has 4 heteroatoms. The van der Waals surface area contributed by atoms with Crippen LogP contribution in [0.3, 0.4) is 0 Å². The topological polar surface area (TPSA) is 60.1 Å². The van der Waals surface area contributed by atoms with E-state index in [1.54, 1.807) is 0 Å². The maximum Gasteiger partial charge on any atom is 0.253 e. The standard InChI is InChI=1S/C14H25N3O/c1-9(2)17-11(4)8-13(12(17)5)14(18)16-7-6-10(3)15/h8-10H,6-7,15H2,1-5H3,(H,16,18). The number of amides is 1. The smallest absolute Gasteiger partial charge is 0.253 e. The molecule has 1 rings (SSSR count). The largest absolute Gasteiger partial charge is 0.352 e. The van der Waals surface area contributed by atoms with Gasteiger partial charge in [0.2, 0.25) is 0 Å². The number of hydrogen-bond acceptors (Lipinski definition) is 2. The number of hydrogen-bond donors (Lipinski definition) is 2. The summed E-state index contributed by atoms with van der Waals surface area (Å²) in [4.78, 5) is 12.1. The molecular formula is C14H25N3O. The number of carbonyl (C=O) groups excluding carboxylic acids is 1. The van der Waals surface area contributed by atoms with Gasteiger partial charge in [-0.25, -0.2) is 0 Å². The van der Waals surface area contributed by atoms with Gasteiger partial charge in [0.1, 0.15) is 0 Å². The summed E-state index contributed by atoms with van der Waals surface area (Å²) < 4.78 is 2.18. The zero-order valence-corrected chi connectivity index (χ0v) is 12.1. The lowest BCUT2D eigenvalue weighted by Crippen LogP contribution is -2.29. The Balaban J connectivity index is 2.78. The summed E-state index contributed by atoms with van der Waals surface area (Å²) in [5.41, 5.74) is 8.58. The van der Waals surface area contributed by atoms with Crippen LogP contribution in [0.2, 0.25) is 0 Å². The van der Waals surface area contributed by atoms with Crippen molar-refractivity contribution >= 4 is 5.91 Å². The number of nitrogens with one attached hydrogen (secondary N) is 1. The van der Waals surface area contributed by atoms with Crippen LogP contribution in [0.1, 0.15) is 55.0 Å². The fourth-order valence-corrected chi connectivity index (χ4v) is 2.31. The second-order valence-electron chi connectivity index (χ2n) is 5.27. The van der Waals surface area contributed by atoms with Crippen LogP contribution in [0, 0.1) is 13.8 Å². The molecule has 0 saturated heterocycles. The van der Waals surface area contributed by atoms with Crippen LogP contribution in [-0.4, -0.2) is 23.1 Å². The molecule has 4 nitrogen and oxygen atoms in total. The third-order valence-corrected chi connectivity index (χ3v) is 3.13. The zero-order valence-electron chi connectivity index (χ0n) is 12.1. The summed E-state index contributed by atoms with van der Waals surface area (Å²) in [5.74, 6) is -0.00403. The normalized spacial score (nSPS) is 12.8. The van der Waals surface area contributed by atoms with E-state index in [0.717, 1.165) is 23.4 Å². The molecular weight excluding hydrogens is 226 g/mol. The Morgan fingerprint density at radius 1 is 1.39 bits per heavy atom. The molecule has 0 saturated carbocycles. The number of carbonyl (C=O) groups is 1. The second kappa shape index (κ2) is 6.05. The van der Waals surface area contributed by atoms with Gasteiger partial charge in [-0.05, 0) is 47.1 Å². The van der Waals surface area contributed by atoms with E-state index in [4.69, 9.17) is 5.73 Å². The lowest BCUT2D eigenvalue weighted by Gasteiger charge is -2.13. The van der Waals surface area contributed by atoms with Gasteiger partial charge in [-0.1, -0.05) is 0 Å². The van der Waals surface area contributed by atoms with Gasteiger partial charge in [0, 0.05) is 30.0 Å². The zero-order chi connectivity index (χ0) is 13.9. The predicted octanol–water partition coefficient (Wildman–Crippen LogP) is 2.15. The van der Waals surface area contributed by atoms with E-state index in [9.17, 15) is 4.79 Å². The molecule has 18 heavy (non-hydrogen) atoms. The molecule has 3 N–H and O–H groups in total. The molecule has 1 heterocycles. The molecule has 102 valence electrons. The molecule has 0 bridgehead atoms. The summed E-state index contributed by atoms with van der Waals surface area (Å²) in [5, 5.41) is 2.92. The monoisotopic (exact) mass is 251 g/mol. The van der Waals surface area contributed by atoms with E-state index < -0.39 is 0 Å². The van der Waals surface area contributed by atoms with Gasteiger partial charge in [-0.2, -0.15) is 0 Å². The molecule has 1 atom stereocenters. The second-order valence-corrected chi connectivity index (χ2v) is 5.27. The van der Waals surface area contributed by atoms with Crippen molar-refractivity contribution in [2.45, 2.75) is 53.1 Å². The maximum absolute atomic E-state index is 12.1. The highest BCUT2D eigenvalue weighted by atomic mass is 16.1. The summed E-state index contributed by atoms with van der Waals surface area (Å²) in [6.07, 6.45) is 0.800. The summed E-state index contributed by atoms with van der Waals surface area (Å²) in [6, 6.07) is 2.44. The Hall–Kier alpha value is -1.29. The average Bonchev–Trinajstić information content (AvgIpc) is 2.53. The third-order valence-electron chi connectivity index (χ3n) is 3.13. The van der Waals surface area contributed by atoms with Gasteiger partial charge < -0.3 is 15.6 Å². The third kappa shape index (κ3) is 3.35. The molecule has 0 fully saturated rings. The number of rotatable bonds is 5. The minimum Gasteiger partial charge on any atom is -0.352 e. The van der Waals surface area contributed by atoms with Crippen LogP contribution in [0.5, 0.6) is 0 Å². The van der Waals surface area contributed by atoms with Gasteiger partial charge >= 0.3 is 0 Å². The maximum atomic E-state index is 12.1. The van der Waals surface area contributed by atoms with E-state index >= 15 is 0 Å². The van der Waals surface area contributed by atoms with E-state index in [0.29, 0.717) is 12.6 Å². The highest BCUT2D eigenvalue weighted by Gasteiger charge is 2.16. The molecule has 0 aliphatic rings. The molecule has 0 spiro atoms. The summed E-state index contributed by atoms with van der Waals surface area (Å²) in [6.45, 7) is 10.8. The Morgan fingerprint density at radius 3 is 2.44 bits per heavy atom. The van der Waals surface area contributed by atoms with E-state index in [2.05, 4.69) is 23.7 Å². The quantitative estimate of drug-likeness (QED) is 0.842. The van der Waals surface area contributed by atoms with Crippen LogP contribution in [0.4, 0.5) is 0 Å². The molecule has 1 aromatic rings. The van der Waals surface area contributed by atoms with E-state index in [1.807, 2.05) is 26.8 Å². The SMILES string of the molecule is Cc1cc(C(=O)NCCC(C)N)c(C)n1C(C)C. The van der Waals surface area contributed by atoms with Crippen molar-refractivity contribution in [2.75, 3.05) is 6.54 Å². The van der Waals surface area contributed by atoms with Crippen molar-refractivity contribution < 1.29 is 4.79 Å². The Bertz CT molecular complexity index is 419. The molecule has 1 amide bonds. The van der Waals surface area contributed by atoms with Crippen LogP contribution < -0.4 is 11.1 Å². The van der Waals surface area contributed by atoms with Gasteiger partial charge in [0.25, 0.3) is 5.91 Å². The first-order valence-corrected chi connectivity index (χ1v) is 6.56. The van der Waals surface area contributed by atoms with Crippen molar-refractivity contribution in [1.29, 1.82) is 0 Å². The van der Waals surface area contributed by atoms with Crippen molar-refractivity contribution in [2.24, 2.45) is 5.73 Å². The number of nitrogens with zero attached hydrogens (tertiary/aromatic N) is 1. The van der Waals surface area contributed by atoms with Crippen LogP contribution in [0.25, 0.3) is 0 Å². The van der Waals surface area contributed by atoms with Crippen molar-refractivity contribution in [3.05, 3.63) is 23.0 Å². The Labute approximate surface area is 110 Å². The lowest BCUT2D eigenvalue weighted by atomic mass is 10.2. The number of aryl methyl sites for hydroxylation is 1. The Kier molecular flexibility index (Phi) is 4.96. The average molecular weight is 251 g/mol. The van der Waals surface area contributed by atoms with Crippen LogP contribution >= 0.6 is 0 Å². The summed E-state index contributed by atoms with van der Waals surface area (Å²) >= 11 is 0.